The van der Waals surface area contributed by atoms with Crippen molar-refractivity contribution in [3.63, 3.8) is 0 Å². The molecule has 2 heterocycles. The van der Waals surface area contributed by atoms with Crippen LogP contribution in [0.15, 0.2) is 47.9 Å². The van der Waals surface area contributed by atoms with Crippen LogP contribution in [0.1, 0.15) is 65.9 Å². The van der Waals surface area contributed by atoms with Crippen molar-refractivity contribution in [2.24, 2.45) is 5.92 Å². The fourth-order valence-corrected chi connectivity index (χ4v) is 5.37. The monoisotopic (exact) mass is 380 g/mol. The Morgan fingerprint density at radius 3 is 2.74 bits per heavy atom. The van der Waals surface area contributed by atoms with Gasteiger partial charge in [0.1, 0.15) is 0 Å². The van der Waals surface area contributed by atoms with Gasteiger partial charge in [-0.2, -0.15) is 0 Å². The first-order valence-electron chi connectivity index (χ1n) is 10.1. The smallest absolute Gasteiger partial charge is 0.253 e. The predicted octanol–water partition coefficient (Wildman–Crippen LogP) is 5.84. The topological polar surface area (TPSA) is 32.3 Å². The van der Waals surface area contributed by atoms with Crippen LogP contribution in [0.3, 0.4) is 0 Å². The van der Waals surface area contributed by atoms with E-state index in [1.54, 1.807) is 0 Å². The lowest BCUT2D eigenvalue weighted by Gasteiger charge is -2.37. The minimum atomic E-state index is 0.167. The molecule has 1 aromatic heterocycles. The summed E-state index contributed by atoms with van der Waals surface area (Å²) in [7, 11) is 0. The SMILES string of the molecule is CCCN(CCC)C(=O)c1ccc2c(c1)C1C=CCC1C(c1cccs1)N2. The molecule has 1 aliphatic carbocycles. The van der Waals surface area contributed by atoms with E-state index in [0.717, 1.165) is 37.9 Å². The van der Waals surface area contributed by atoms with Gasteiger partial charge >= 0.3 is 0 Å². The maximum Gasteiger partial charge on any atom is 0.253 e. The van der Waals surface area contributed by atoms with Crippen LogP contribution in [0.25, 0.3) is 0 Å². The van der Waals surface area contributed by atoms with Crippen LogP contribution in [-0.4, -0.2) is 23.9 Å². The quantitative estimate of drug-likeness (QED) is 0.639. The Bertz CT molecular complexity index is 821. The molecular weight excluding hydrogens is 352 g/mol. The van der Waals surface area contributed by atoms with Gasteiger partial charge in [0.15, 0.2) is 0 Å². The highest BCUT2D eigenvalue weighted by molar-refractivity contribution is 7.10. The Labute approximate surface area is 166 Å². The summed E-state index contributed by atoms with van der Waals surface area (Å²) in [5.41, 5.74) is 3.28. The van der Waals surface area contributed by atoms with Gasteiger partial charge < -0.3 is 10.2 Å². The first-order chi connectivity index (χ1) is 13.2. The van der Waals surface area contributed by atoms with Crippen LogP contribution in [-0.2, 0) is 0 Å². The van der Waals surface area contributed by atoms with Crippen molar-refractivity contribution in [3.8, 4) is 0 Å². The Balaban J connectivity index is 1.65. The maximum atomic E-state index is 13.0. The average Bonchev–Trinajstić information content (AvgIpc) is 3.38. The maximum absolute atomic E-state index is 13.0. The van der Waals surface area contributed by atoms with Gasteiger partial charge in [0, 0.05) is 35.1 Å². The Hall–Kier alpha value is -2.07. The normalized spacial score (nSPS) is 22.8. The number of allylic oxidation sites excluding steroid dienone is 2. The fraction of sp³-hybridized carbons (Fsp3) is 0.435. The molecule has 1 aromatic carbocycles. The van der Waals surface area contributed by atoms with Gasteiger partial charge in [-0.15, -0.1) is 11.3 Å². The summed E-state index contributed by atoms with van der Waals surface area (Å²) in [6.45, 7) is 5.92. The van der Waals surface area contributed by atoms with Crippen LogP contribution in [0.2, 0.25) is 0 Å². The summed E-state index contributed by atoms with van der Waals surface area (Å²) >= 11 is 1.82. The number of hydrogen-bond donors (Lipinski definition) is 1. The highest BCUT2D eigenvalue weighted by atomic mass is 32.1. The lowest BCUT2D eigenvalue weighted by atomic mass is 9.78. The highest BCUT2D eigenvalue weighted by Crippen LogP contribution is 2.50. The van der Waals surface area contributed by atoms with Crippen molar-refractivity contribution < 1.29 is 4.79 Å². The van der Waals surface area contributed by atoms with Crippen molar-refractivity contribution in [3.05, 3.63) is 63.9 Å². The van der Waals surface area contributed by atoms with E-state index in [9.17, 15) is 4.79 Å². The van der Waals surface area contributed by atoms with E-state index >= 15 is 0 Å². The zero-order valence-electron chi connectivity index (χ0n) is 16.2. The van der Waals surface area contributed by atoms with Crippen LogP contribution in [0.4, 0.5) is 5.69 Å². The number of fused-ring (bicyclic) bond motifs is 3. The van der Waals surface area contributed by atoms with E-state index in [-0.39, 0.29) is 5.91 Å². The highest BCUT2D eigenvalue weighted by Gasteiger charge is 2.38. The minimum Gasteiger partial charge on any atom is -0.377 e. The molecule has 3 unspecified atom stereocenters. The number of amides is 1. The fourth-order valence-electron chi connectivity index (χ4n) is 4.51. The molecule has 2 aromatic rings. The number of carbonyl (C=O) groups excluding carboxylic acids is 1. The molecule has 0 bridgehead atoms. The molecule has 0 radical (unpaired) electrons. The second kappa shape index (κ2) is 7.89. The molecule has 3 atom stereocenters. The van der Waals surface area contributed by atoms with E-state index in [2.05, 4.69) is 61.0 Å². The standard InChI is InChI=1S/C23H28N2OS/c1-3-12-25(13-4-2)23(26)16-10-11-20-19(15-16)17-7-5-8-18(17)22(24-20)21-9-6-14-27-21/h5-7,9-11,14-15,17-18,22,24H,3-4,8,12-13H2,1-2H3. The zero-order valence-corrected chi connectivity index (χ0v) is 17.0. The predicted molar refractivity (Wildman–Crippen MR) is 114 cm³/mol. The van der Waals surface area contributed by atoms with E-state index in [1.165, 1.54) is 16.1 Å². The second-order valence-electron chi connectivity index (χ2n) is 7.59. The number of nitrogens with zero attached hydrogens (tertiary/aromatic N) is 1. The molecule has 4 heteroatoms. The second-order valence-corrected chi connectivity index (χ2v) is 8.56. The summed E-state index contributed by atoms with van der Waals surface area (Å²) in [5, 5.41) is 5.92. The van der Waals surface area contributed by atoms with Gasteiger partial charge in [-0.3, -0.25) is 4.79 Å². The third kappa shape index (κ3) is 3.43. The largest absolute Gasteiger partial charge is 0.377 e. The molecule has 0 saturated heterocycles. The Kier molecular flexibility index (Phi) is 5.35. The van der Waals surface area contributed by atoms with E-state index < -0.39 is 0 Å². The molecule has 1 amide bonds. The number of rotatable bonds is 6. The first kappa shape index (κ1) is 18.3. The molecular formula is C23H28N2OS. The molecule has 27 heavy (non-hydrogen) atoms. The molecule has 3 nitrogen and oxygen atoms in total. The van der Waals surface area contributed by atoms with E-state index in [4.69, 9.17) is 0 Å². The van der Waals surface area contributed by atoms with Crippen molar-refractivity contribution in [1.82, 2.24) is 4.90 Å². The number of benzene rings is 1. The van der Waals surface area contributed by atoms with Gasteiger partial charge in [0.2, 0.25) is 0 Å². The molecule has 1 N–H and O–H groups in total. The summed E-state index contributed by atoms with van der Waals surface area (Å²) < 4.78 is 0. The van der Waals surface area contributed by atoms with E-state index in [1.807, 2.05) is 22.3 Å². The summed E-state index contributed by atoms with van der Waals surface area (Å²) in [5.74, 6) is 1.09. The first-order valence-corrected chi connectivity index (χ1v) is 11.0. The van der Waals surface area contributed by atoms with Gasteiger partial charge in [-0.05, 0) is 60.4 Å². The summed E-state index contributed by atoms with van der Waals surface area (Å²) in [6, 6.07) is 11.0. The lowest BCUT2D eigenvalue weighted by Crippen LogP contribution is -2.33. The molecule has 0 spiro atoms. The Morgan fingerprint density at radius 1 is 1.22 bits per heavy atom. The van der Waals surface area contributed by atoms with Crippen molar-refractivity contribution in [1.29, 1.82) is 0 Å². The van der Waals surface area contributed by atoms with Crippen LogP contribution in [0, 0.1) is 5.92 Å². The molecule has 0 saturated carbocycles. The number of hydrogen-bond acceptors (Lipinski definition) is 3. The molecule has 0 fully saturated rings. The van der Waals surface area contributed by atoms with Crippen LogP contribution in [0.5, 0.6) is 0 Å². The third-order valence-electron chi connectivity index (χ3n) is 5.73. The van der Waals surface area contributed by atoms with Crippen LogP contribution >= 0.6 is 11.3 Å². The van der Waals surface area contributed by atoms with Gasteiger partial charge in [-0.25, -0.2) is 0 Å². The zero-order chi connectivity index (χ0) is 18.8. The molecule has 2 aliphatic rings. The van der Waals surface area contributed by atoms with Crippen LogP contribution < -0.4 is 5.32 Å². The van der Waals surface area contributed by atoms with Crippen molar-refractivity contribution in [2.45, 2.75) is 45.1 Å². The Morgan fingerprint density at radius 2 is 2.04 bits per heavy atom. The van der Waals surface area contributed by atoms with E-state index in [0.29, 0.717) is 17.9 Å². The molecule has 142 valence electrons. The van der Waals surface area contributed by atoms with Gasteiger partial charge in [0.25, 0.3) is 5.91 Å². The summed E-state index contributed by atoms with van der Waals surface area (Å²) in [4.78, 5) is 16.4. The molecule has 1 aliphatic heterocycles. The lowest BCUT2D eigenvalue weighted by molar-refractivity contribution is 0.0755. The number of nitrogens with one attached hydrogen (secondary N) is 1. The average molecular weight is 381 g/mol. The number of carbonyl (C=O) groups is 1. The van der Waals surface area contributed by atoms with Gasteiger partial charge in [-0.1, -0.05) is 32.1 Å². The van der Waals surface area contributed by atoms with Crippen molar-refractivity contribution in [2.75, 3.05) is 18.4 Å². The van der Waals surface area contributed by atoms with Crippen molar-refractivity contribution >= 4 is 22.9 Å². The minimum absolute atomic E-state index is 0.167. The molecule has 4 rings (SSSR count). The summed E-state index contributed by atoms with van der Waals surface area (Å²) in [6.07, 6.45) is 7.73. The number of thiophene rings is 1. The third-order valence-corrected chi connectivity index (χ3v) is 6.69. The van der Waals surface area contributed by atoms with Gasteiger partial charge in [0.05, 0.1) is 6.04 Å². The number of anilines is 1.